The summed E-state index contributed by atoms with van der Waals surface area (Å²) < 4.78 is 27.2. The molecule has 0 aliphatic rings. The Hall–Kier alpha value is -4.03. The van der Waals surface area contributed by atoms with Crippen LogP contribution in [0.2, 0.25) is 0 Å². The molecule has 0 aliphatic heterocycles. The first-order valence-corrected chi connectivity index (χ1v) is 11.2. The van der Waals surface area contributed by atoms with Crippen LogP contribution in [-0.4, -0.2) is 21.7 Å². The molecule has 0 fully saturated rings. The van der Waals surface area contributed by atoms with Gasteiger partial charge in [0.25, 0.3) is 11.8 Å². The monoisotopic (exact) mass is 500 g/mol. The van der Waals surface area contributed by atoms with Crippen LogP contribution in [0.25, 0.3) is 11.3 Å². The van der Waals surface area contributed by atoms with Gasteiger partial charge >= 0.3 is 5.00 Å². The molecule has 2 aromatic heterocycles. The van der Waals surface area contributed by atoms with E-state index in [1.807, 2.05) is 19.1 Å². The number of carbonyl (C=O) groups excluding carboxylic acids is 2. The summed E-state index contributed by atoms with van der Waals surface area (Å²) in [5, 5.41) is 15.7. The summed E-state index contributed by atoms with van der Waals surface area (Å²) in [6, 6.07) is 12.4. The van der Waals surface area contributed by atoms with Gasteiger partial charge in [-0.05, 0) is 25.1 Å². The van der Waals surface area contributed by atoms with E-state index in [1.165, 1.54) is 12.1 Å². The zero-order valence-electron chi connectivity index (χ0n) is 17.3. The largest absolute Gasteiger partial charge is 0.324 e. The van der Waals surface area contributed by atoms with Crippen LogP contribution >= 0.6 is 22.7 Å². The number of nitrogens with one attached hydrogen (secondary N) is 2. The molecule has 0 saturated carbocycles. The molecule has 4 rings (SSSR count). The molecule has 0 aliphatic carbocycles. The van der Waals surface area contributed by atoms with Gasteiger partial charge in [0.1, 0.15) is 16.5 Å². The molecule has 2 heterocycles. The van der Waals surface area contributed by atoms with E-state index in [0.717, 1.165) is 29.0 Å². The molecule has 2 aromatic carbocycles. The number of hydrogen-bond donors (Lipinski definition) is 2. The van der Waals surface area contributed by atoms with Gasteiger partial charge in [-0.1, -0.05) is 52.5 Å². The summed E-state index contributed by atoms with van der Waals surface area (Å²) in [4.78, 5) is 40.3. The second kappa shape index (κ2) is 9.45. The second-order valence-corrected chi connectivity index (χ2v) is 9.05. The summed E-state index contributed by atoms with van der Waals surface area (Å²) in [5.74, 6) is -3.06. The molecule has 12 heteroatoms. The topological polar surface area (TPSA) is 114 Å². The lowest BCUT2D eigenvalue weighted by atomic mass is 10.1. The number of anilines is 2. The first kappa shape index (κ1) is 23.1. The van der Waals surface area contributed by atoms with Gasteiger partial charge in [-0.2, -0.15) is 0 Å². The van der Waals surface area contributed by atoms with Crippen LogP contribution < -0.4 is 10.6 Å². The maximum atomic E-state index is 14.0. The lowest BCUT2D eigenvalue weighted by Gasteiger charge is -2.07. The highest BCUT2D eigenvalue weighted by atomic mass is 32.1. The molecular weight excluding hydrogens is 486 g/mol. The fourth-order valence-electron chi connectivity index (χ4n) is 2.91. The average Bonchev–Trinajstić information content (AvgIpc) is 3.44. The summed E-state index contributed by atoms with van der Waals surface area (Å²) in [6.45, 7) is 1.89. The standard InChI is InChI=1S/C22H14F2N4O4S2/c1-11-2-4-12(5-3-11)18-19(21(30)25-15-7-6-13(23)10-14(15)24)34-22(26-18)27-20(29)16-8-9-17(33-16)28(31)32/h2-10H,1H3,(H,25,30)(H,26,27,29). The molecular formula is C22H14F2N4O4S2. The average molecular weight is 501 g/mol. The smallest absolute Gasteiger partial charge is 0.319 e. The van der Waals surface area contributed by atoms with Gasteiger partial charge in [-0.15, -0.1) is 0 Å². The number of thiazole rings is 1. The Labute approximate surface area is 199 Å². The van der Waals surface area contributed by atoms with Crippen molar-refractivity contribution in [2.75, 3.05) is 10.6 Å². The lowest BCUT2D eigenvalue weighted by molar-refractivity contribution is -0.380. The maximum Gasteiger partial charge on any atom is 0.324 e. The molecule has 2 amide bonds. The van der Waals surface area contributed by atoms with Crippen molar-refractivity contribution in [1.29, 1.82) is 0 Å². The highest BCUT2D eigenvalue weighted by Gasteiger charge is 2.23. The molecule has 4 aromatic rings. The number of thiophene rings is 1. The number of amides is 2. The molecule has 2 N–H and O–H groups in total. The Bertz CT molecular complexity index is 1420. The summed E-state index contributed by atoms with van der Waals surface area (Å²) in [5.41, 5.74) is 1.59. The molecule has 172 valence electrons. The molecule has 8 nitrogen and oxygen atoms in total. The lowest BCUT2D eigenvalue weighted by Crippen LogP contribution is -2.12. The van der Waals surface area contributed by atoms with Crippen LogP contribution in [0.1, 0.15) is 24.9 Å². The van der Waals surface area contributed by atoms with E-state index in [0.29, 0.717) is 23.0 Å². The summed E-state index contributed by atoms with van der Waals surface area (Å²) >= 11 is 1.55. The predicted octanol–water partition coefficient (Wildman–Crippen LogP) is 5.87. The first-order chi connectivity index (χ1) is 16.2. The van der Waals surface area contributed by atoms with E-state index in [4.69, 9.17) is 0 Å². The SMILES string of the molecule is Cc1ccc(-c2nc(NC(=O)c3ccc([N+](=O)[O-])s3)sc2C(=O)Nc2ccc(F)cc2F)cc1. The number of hydrogen-bond acceptors (Lipinski definition) is 7. The number of nitrogens with zero attached hydrogens (tertiary/aromatic N) is 2. The van der Waals surface area contributed by atoms with Crippen molar-refractivity contribution in [2.24, 2.45) is 0 Å². The van der Waals surface area contributed by atoms with Gasteiger partial charge in [0, 0.05) is 17.7 Å². The van der Waals surface area contributed by atoms with Crippen LogP contribution in [0, 0.1) is 28.7 Å². The van der Waals surface area contributed by atoms with Crippen LogP contribution in [0.5, 0.6) is 0 Å². The Morgan fingerprint density at radius 2 is 1.71 bits per heavy atom. The zero-order chi connectivity index (χ0) is 24.4. The van der Waals surface area contributed by atoms with Gasteiger partial charge in [-0.25, -0.2) is 13.8 Å². The number of rotatable bonds is 6. The first-order valence-electron chi connectivity index (χ1n) is 9.61. The van der Waals surface area contributed by atoms with Crippen LogP contribution in [0.15, 0.2) is 54.6 Å². The maximum absolute atomic E-state index is 14.0. The number of halogens is 2. The third-order valence-corrected chi connectivity index (χ3v) is 6.56. The Morgan fingerprint density at radius 1 is 0.971 bits per heavy atom. The van der Waals surface area contributed by atoms with Crippen LogP contribution in [-0.2, 0) is 0 Å². The Kier molecular flexibility index (Phi) is 6.43. The van der Waals surface area contributed by atoms with Crippen molar-refractivity contribution in [2.45, 2.75) is 6.92 Å². The third-order valence-electron chi connectivity index (χ3n) is 4.55. The van der Waals surface area contributed by atoms with E-state index in [9.17, 15) is 28.5 Å². The molecule has 0 bridgehead atoms. The summed E-state index contributed by atoms with van der Waals surface area (Å²) in [7, 11) is 0. The van der Waals surface area contributed by atoms with Gasteiger partial charge in [0.15, 0.2) is 5.13 Å². The van der Waals surface area contributed by atoms with Gasteiger partial charge in [-0.3, -0.25) is 25.0 Å². The molecule has 0 atom stereocenters. The van der Waals surface area contributed by atoms with Crippen molar-refractivity contribution >= 4 is 50.3 Å². The fraction of sp³-hybridized carbons (Fsp3) is 0.0455. The quantitative estimate of drug-likeness (QED) is 0.254. The normalized spacial score (nSPS) is 10.7. The zero-order valence-corrected chi connectivity index (χ0v) is 18.9. The minimum Gasteiger partial charge on any atom is -0.319 e. The number of aromatic nitrogens is 1. The molecule has 0 unspecified atom stereocenters. The highest BCUT2D eigenvalue weighted by Crippen LogP contribution is 2.33. The minimum atomic E-state index is -0.942. The summed E-state index contributed by atoms with van der Waals surface area (Å²) in [6.07, 6.45) is 0. The number of benzene rings is 2. The fourth-order valence-corrected chi connectivity index (χ4v) is 4.50. The molecule has 0 saturated heterocycles. The van der Waals surface area contributed by atoms with Crippen molar-refractivity contribution < 1.29 is 23.3 Å². The van der Waals surface area contributed by atoms with Gasteiger partial charge in [0.2, 0.25) is 0 Å². The van der Waals surface area contributed by atoms with E-state index in [1.54, 1.807) is 12.1 Å². The minimum absolute atomic E-state index is 0.0707. The number of nitro groups is 1. The van der Waals surface area contributed by atoms with Crippen molar-refractivity contribution in [1.82, 2.24) is 4.98 Å². The Morgan fingerprint density at radius 3 is 2.35 bits per heavy atom. The van der Waals surface area contributed by atoms with E-state index < -0.39 is 28.4 Å². The van der Waals surface area contributed by atoms with Crippen LogP contribution in [0.4, 0.5) is 24.6 Å². The van der Waals surface area contributed by atoms with Crippen LogP contribution in [0.3, 0.4) is 0 Å². The third kappa shape index (κ3) is 4.97. The second-order valence-electron chi connectivity index (χ2n) is 6.99. The molecule has 0 spiro atoms. The number of aryl methyl sites for hydroxylation is 1. The van der Waals surface area contributed by atoms with E-state index in [-0.39, 0.29) is 31.3 Å². The Balaban J connectivity index is 1.66. The molecule has 0 radical (unpaired) electrons. The van der Waals surface area contributed by atoms with Crippen molar-refractivity contribution in [3.8, 4) is 11.3 Å². The molecule has 34 heavy (non-hydrogen) atoms. The van der Waals surface area contributed by atoms with Gasteiger partial charge in [0.05, 0.1) is 21.2 Å². The van der Waals surface area contributed by atoms with E-state index in [2.05, 4.69) is 15.6 Å². The highest BCUT2D eigenvalue weighted by molar-refractivity contribution is 7.19. The van der Waals surface area contributed by atoms with Gasteiger partial charge < -0.3 is 5.32 Å². The van der Waals surface area contributed by atoms with Crippen molar-refractivity contribution in [3.63, 3.8) is 0 Å². The van der Waals surface area contributed by atoms with E-state index >= 15 is 0 Å². The predicted molar refractivity (Wildman–Crippen MR) is 126 cm³/mol. The van der Waals surface area contributed by atoms with Crippen molar-refractivity contribution in [3.05, 3.63) is 91.7 Å². The number of carbonyl (C=O) groups is 2.